The summed E-state index contributed by atoms with van der Waals surface area (Å²) in [5.41, 5.74) is 4.14. The molecular formula is C19H23N3O2S. The van der Waals surface area contributed by atoms with Gasteiger partial charge in [-0.2, -0.15) is 0 Å². The van der Waals surface area contributed by atoms with E-state index in [4.69, 9.17) is 0 Å². The number of para-hydroxylation sites is 1. The minimum atomic E-state index is 0.0635. The summed E-state index contributed by atoms with van der Waals surface area (Å²) in [4.78, 5) is 19.7. The van der Waals surface area contributed by atoms with Gasteiger partial charge in [0.25, 0.3) is 5.91 Å². The molecule has 2 fully saturated rings. The number of aromatic nitrogens is 1. The van der Waals surface area contributed by atoms with Crippen LogP contribution in [0.2, 0.25) is 0 Å². The molecule has 5 nitrogen and oxygen atoms in total. The molecule has 2 unspecified atom stereocenters. The minimum Gasteiger partial charge on any atom is -0.334 e. The molecule has 1 aromatic carbocycles. The standard InChI is InChI=1S/C19H23N3O2S/c23-19(22-11-5-7-13-6-1-4-10-17(13)22)16-12-25-18(20-16)14-8-2-3-9-15(14)21-24/h2-3,8-9,12-13,17,21,24H,1,4-7,10-11H2. The van der Waals surface area contributed by atoms with Crippen molar-refractivity contribution in [3.63, 3.8) is 0 Å². The molecule has 1 saturated heterocycles. The lowest BCUT2D eigenvalue weighted by molar-refractivity contribution is 0.0386. The van der Waals surface area contributed by atoms with Crippen LogP contribution in [0.1, 0.15) is 49.0 Å². The van der Waals surface area contributed by atoms with Crippen LogP contribution < -0.4 is 5.48 Å². The van der Waals surface area contributed by atoms with Crippen LogP contribution in [0.4, 0.5) is 5.69 Å². The van der Waals surface area contributed by atoms with Gasteiger partial charge in [0.1, 0.15) is 10.7 Å². The van der Waals surface area contributed by atoms with Crippen molar-refractivity contribution in [2.24, 2.45) is 5.92 Å². The molecule has 4 rings (SSSR count). The fraction of sp³-hybridized carbons (Fsp3) is 0.474. The SMILES string of the molecule is O=C(c1csc(-c2ccccc2NO)n1)N1CCCC2CCCCC21. The number of anilines is 1. The minimum absolute atomic E-state index is 0.0635. The molecule has 1 aliphatic heterocycles. The van der Waals surface area contributed by atoms with Crippen LogP contribution >= 0.6 is 11.3 Å². The lowest BCUT2D eigenvalue weighted by Gasteiger charge is -2.43. The van der Waals surface area contributed by atoms with E-state index in [2.05, 4.69) is 15.4 Å². The van der Waals surface area contributed by atoms with E-state index in [-0.39, 0.29) is 5.91 Å². The molecule has 2 aliphatic rings. The van der Waals surface area contributed by atoms with Gasteiger partial charge in [-0.15, -0.1) is 11.3 Å². The van der Waals surface area contributed by atoms with Crippen LogP contribution in [0, 0.1) is 5.92 Å². The summed E-state index contributed by atoms with van der Waals surface area (Å²) in [5, 5.41) is 11.9. The molecule has 2 N–H and O–H groups in total. The van der Waals surface area contributed by atoms with Crippen LogP contribution in [0.25, 0.3) is 10.6 Å². The Morgan fingerprint density at radius 2 is 2.00 bits per heavy atom. The van der Waals surface area contributed by atoms with Gasteiger partial charge in [-0.05, 0) is 43.7 Å². The third-order valence-electron chi connectivity index (χ3n) is 5.51. The third-order valence-corrected chi connectivity index (χ3v) is 6.38. The number of thiazole rings is 1. The molecule has 1 saturated carbocycles. The summed E-state index contributed by atoms with van der Waals surface area (Å²) in [6.07, 6.45) is 7.27. The molecule has 1 aromatic heterocycles. The smallest absolute Gasteiger partial charge is 0.273 e. The normalized spacial score (nSPS) is 23.2. The number of carbonyl (C=O) groups is 1. The predicted molar refractivity (Wildman–Crippen MR) is 99.0 cm³/mol. The molecule has 0 bridgehead atoms. The van der Waals surface area contributed by atoms with Gasteiger partial charge in [0.15, 0.2) is 0 Å². The molecule has 25 heavy (non-hydrogen) atoms. The van der Waals surface area contributed by atoms with E-state index in [0.717, 1.165) is 30.0 Å². The lowest BCUT2D eigenvalue weighted by atomic mass is 9.78. The van der Waals surface area contributed by atoms with E-state index >= 15 is 0 Å². The Kier molecular flexibility index (Phi) is 4.72. The lowest BCUT2D eigenvalue weighted by Crippen LogP contribution is -2.49. The average Bonchev–Trinajstić information content (AvgIpc) is 3.17. The van der Waals surface area contributed by atoms with Gasteiger partial charge in [-0.25, -0.2) is 4.98 Å². The molecule has 132 valence electrons. The fourth-order valence-electron chi connectivity index (χ4n) is 4.29. The van der Waals surface area contributed by atoms with Gasteiger partial charge in [0.2, 0.25) is 0 Å². The molecule has 2 heterocycles. The Morgan fingerprint density at radius 3 is 2.88 bits per heavy atom. The first kappa shape index (κ1) is 16.5. The summed E-state index contributed by atoms with van der Waals surface area (Å²) in [7, 11) is 0. The van der Waals surface area contributed by atoms with Crippen molar-refractivity contribution in [1.29, 1.82) is 0 Å². The monoisotopic (exact) mass is 357 g/mol. The van der Waals surface area contributed by atoms with Gasteiger partial charge in [-0.1, -0.05) is 25.0 Å². The second kappa shape index (κ2) is 7.14. The van der Waals surface area contributed by atoms with Crippen molar-refractivity contribution in [2.45, 2.75) is 44.6 Å². The van der Waals surface area contributed by atoms with Gasteiger partial charge in [0, 0.05) is 23.5 Å². The number of benzene rings is 1. The van der Waals surface area contributed by atoms with Gasteiger partial charge in [0.05, 0.1) is 5.69 Å². The van der Waals surface area contributed by atoms with E-state index in [1.54, 1.807) is 6.07 Å². The number of nitrogens with zero attached hydrogens (tertiary/aromatic N) is 2. The quantitative estimate of drug-likeness (QED) is 0.799. The zero-order valence-electron chi connectivity index (χ0n) is 14.1. The molecule has 2 aromatic rings. The number of likely N-dealkylation sites (tertiary alicyclic amines) is 1. The number of nitrogens with one attached hydrogen (secondary N) is 1. The van der Waals surface area contributed by atoms with Gasteiger partial charge in [-0.3, -0.25) is 15.5 Å². The highest BCUT2D eigenvalue weighted by molar-refractivity contribution is 7.13. The zero-order chi connectivity index (χ0) is 17.2. The second-order valence-corrected chi connectivity index (χ2v) is 7.81. The Balaban J connectivity index is 1.58. The highest BCUT2D eigenvalue weighted by Crippen LogP contribution is 2.36. The Hall–Kier alpha value is -1.92. The second-order valence-electron chi connectivity index (χ2n) is 6.95. The number of hydrogen-bond acceptors (Lipinski definition) is 5. The largest absolute Gasteiger partial charge is 0.334 e. The Labute approximate surface area is 151 Å². The first-order valence-corrected chi connectivity index (χ1v) is 9.92. The van der Waals surface area contributed by atoms with Crippen molar-refractivity contribution >= 4 is 22.9 Å². The first-order chi connectivity index (χ1) is 12.3. The van der Waals surface area contributed by atoms with Crippen LogP contribution in [0.5, 0.6) is 0 Å². The summed E-state index contributed by atoms with van der Waals surface area (Å²) in [5.74, 6) is 0.734. The molecule has 1 aliphatic carbocycles. The summed E-state index contributed by atoms with van der Waals surface area (Å²) < 4.78 is 0. The van der Waals surface area contributed by atoms with Crippen LogP contribution in [-0.2, 0) is 0 Å². The average molecular weight is 357 g/mol. The summed E-state index contributed by atoms with van der Waals surface area (Å²) in [6.45, 7) is 0.849. The van der Waals surface area contributed by atoms with Crippen LogP contribution in [-0.4, -0.2) is 33.6 Å². The van der Waals surface area contributed by atoms with E-state index < -0.39 is 0 Å². The topological polar surface area (TPSA) is 65.5 Å². The van der Waals surface area contributed by atoms with Crippen molar-refractivity contribution in [3.8, 4) is 10.6 Å². The Morgan fingerprint density at radius 1 is 1.20 bits per heavy atom. The van der Waals surface area contributed by atoms with Crippen molar-refractivity contribution < 1.29 is 10.0 Å². The van der Waals surface area contributed by atoms with Gasteiger partial charge >= 0.3 is 0 Å². The highest BCUT2D eigenvalue weighted by atomic mass is 32.1. The highest BCUT2D eigenvalue weighted by Gasteiger charge is 2.36. The van der Waals surface area contributed by atoms with E-state index in [0.29, 0.717) is 23.3 Å². The maximum Gasteiger partial charge on any atom is 0.273 e. The molecule has 6 heteroatoms. The summed E-state index contributed by atoms with van der Waals surface area (Å²) >= 11 is 1.44. The molecule has 0 spiro atoms. The summed E-state index contributed by atoms with van der Waals surface area (Å²) in [6, 6.07) is 7.82. The number of rotatable bonds is 3. The fourth-order valence-corrected chi connectivity index (χ4v) is 5.12. The molecular weight excluding hydrogens is 334 g/mol. The number of hydrogen-bond donors (Lipinski definition) is 2. The van der Waals surface area contributed by atoms with Crippen molar-refractivity contribution in [2.75, 3.05) is 12.0 Å². The van der Waals surface area contributed by atoms with E-state index in [1.807, 2.05) is 23.6 Å². The first-order valence-electron chi connectivity index (χ1n) is 9.04. The third kappa shape index (κ3) is 3.16. The predicted octanol–water partition coefficient (Wildman–Crippen LogP) is 4.41. The van der Waals surface area contributed by atoms with Gasteiger partial charge < -0.3 is 4.90 Å². The van der Waals surface area contributed by atoms with Crippen molar-refractivity contribution in [1.82, 2.24) is 9.88 Å². The number of piperidine rings is 1. The Bertz CT molecular complexity index is 759. The number of fused-ring (bicyclic) bond motifs is 1. The van der Waals surface area contributed by atoms with E-state index in [9.17, 15) is 10.0 Å². The van der Waals surface area contributed by atoms with Crippen molar-refractivity contribution in [3.05, 3.63) is 35.3 Å². The number of carbonyl (C=O) groups excluding carboxylic acids is 1. The van der Waals surface area contributed by atoms with Crippen LogP contribution in [0.3, 0.4) is 0 Å². The maximum atomic E-state index is 13.1. The van der Waals surface area contributed by atoms with Crippen LogP contribution in [0.15, 0.2) is 29.6 Å². The molecule has 0 radical (unpaired) electrons. The molecule has 1 amide bonds. The number of amides is 1. The van der Waals surface area contributed by atoms with E-state index in [1.165, 1.54) is 37.0 Å². The zero-order valence-corrected chi connectivity index (χ0v) is 15.0. The maximum absolute atomic E-state index is 13.1. The molecule has 2 atom stereocenters.